The molecule has 0 amide bonds. The SMILES string of the molecule is CN(CCCn1c(=O)[nH]c2ccccc21)CC(C)(C)CN. The number of rotatable bonds is 7. The van der Waals surface area contributed by atoms with E-state index in [1.807, 2.05) is 28.8 Å². The lowest BCUT2D eigenvalue weighted by molar-refractivity contribution is 0.211. The van der Waals surface area contributed by atoms with Crippen LogP contribution in [-0.4, -0.2) is 41.1 Å². The van der Waals surface area contributed by atoms with Crippen molar-refractivity contribution in [3.8, 4) is 0 Å². The van der Waals surface area contributed by atoms with Crippen LogP contribution >= 0.6 is 0 Å². The second-order valence-corrected chi connectivity index (χ2v) is 6.56. The molecule has 2 rings (SSSR count). The first kappa shape index (κ1) is 15.8. The molecule has 1 aromatic carbocycles. The quantitative estimate of drug-likeness (QED) is 0.814. The molecule has 0 saturated carbocycles. The molecule has 0 aliphatic rings. The Kier molecular flexibility index (Phi) is 4.85. The number of nitrogens with zero attached hydrogens (tertiary/aromatic N) is 2. The van der Waals surface area contributed by atoms with Gasteiger partial charge in [0.1, 0.15) is 0 Å². The molecule has 1 aromatic heterocycles. The van der Waals surface area contributed by atoms with E-state index < -0.39 is 0 Å². The Bertz CT molecular complexity index is 641. The molecule has 0 aliphatic carbocycles. The Morgan fingerprint density at radius 2 is 2.05 bits per heavy atom. The van der Waals surface area contributed by atoms with E-state index >= 15 is 0 Å². The highest BCUT2D eigenvalue weighted by molar-refractivity contribution is 5.74. The van der Waals surface area contributed by atoms with E-state index in [9.17, 15) is 4.79 Å². The molecule has 0 fully saturated rings. The minimum absolute atomic E-state index is 0.0267. The van der Waals surface area contributed by atoms with Crippen molar-refractivity contribution < 1.29 is 0 Å². The summed E-state index contributed by atoms with van der Waals surface area (Å²) in [6.45, 7) is 7.68. The average molecular weight is 290 g/mol. The predicted molar refractivity (Wildman–Crippen MR) is 87.5 cm³/mol. The highest BCUT2D eigenvalue weighted by Gasteiger charge is 2.17. The number of fused-ring (bicyclic) bond motifs is 1. The Morgan fingerprint density at radius 1 is 1.33 bits per heavy atom. The zero-order valence-corrected chi connectivity index (χ0v) is 13.2. The first-order chi connectivity index (χ1) is 9.93. The van der Waals surface area contributed by atoms with E-state index in [0.29, 0.717) is 6.54 Å². The maximum Gasteiger partial charge on any atom is 0.326 e. The summed E-state index contributed by atoms with van der Waals surface area (Å²) in [5.41, 5.74) is 7.75. The number of nitrogens with two attached hydrogens (primary N) is 1. The fourth-order valence-electron chi connectivity index (χ4n) is 2.70. The predicted octanol–water partition coefficient (Wildman–Crippen LogP) is 1.64. The van der Waals surface area contributed by atoms with Gasteiger partial charge in [-0.15, -0.1) is 0 Å². The van der Waals surface area contributed by atoms with Crippen LogP contribution in [0.25, 0.3) is 11.0 Å². The minimum atomic E-state index is -0.0267. The number of hydrogen-bond donors (Lipinski definition) is 2. The molecule has 0 radical (unpaired) electrons. The minimum Gasteiger partial charge on any atom is -0.330 e. The number of para-hydroxylation sites is 2. The van der Waals surface area contributed by atoms with Gasteiger partial charge in [-0.3, -0.25) is 4.57 Å². The Balaban J connectivity index is 1.94. The first-order valence-electron chi connectivity index (χ1n) is 7.49. The Labute approximate surface area is 125 Å². The topological polar surface area (TPSA) is 67.0 Å². The van der Waals surface area contributed by atoms with Gasteiger partial charge in [-0.05, 0) is 44.1 Å². The lowest BCUT2D eigenvalue weighted by Crippen LogP contribution is -2.37. The maximum atomic E-state index is 12.0. The third-order valence-corrected chi connectivity index (χ3v) is 3.85. The van der Waals surface area contributed by atoms with Gasteiger partial charge in [0.15, 0.2) is 0 Å². The summed E-state index contributed by atoms with van der Waals surface area (Å²) in [4.78, 5) is 17.1. The van der Waals surface area contributed by atoms with Crippen LogP contribution in [0.5, 0.6) is 0 Å². The molecule has 0 bridgehead atoms. The highest BCUT2D eigenvalue weighted by Crippen LogP contribution is 2.14. The van der Waals surface area contributed by atoms with Crippen molar-refractivity contribution in [1.82, 2.24) is 14.5 Å². The Hall–Kier alpha value is -1.59. The molecule has 116 valence electrons. The fraction of sp³-hybridized carbons (Fsp3) is 0.562. The first-order valence-corrected chi connectivity index (χ1v) is 7.49. The van der Waals surface area contributed by atoms with E-state index in [1.54, 1.807) is 0 Å². The summed E-state index contributed by atoms with van der Waals surface area (Å²) in [6, 6.07) is 7.81. The van der Waals surface area contributed by atoms with Crippen molar-refractivity contribution in [2.24, 2.45) is 11.1 Å². The maximum absolute atomic E-state index is 12.0. The van der Waals surface area contributed by atoms with E-state index in [-0.39, 0.29) is 11.1 Å². The number of nitrogens with one attached hydrogen (secondary N) is 1. The number of hydrogen-bond acceptors (Lipinski definition) is 3. The van der Waals surface area contributed by atoms with Crippen molar-refractivity contribution in [1.29, 1.82) is 0 Å². The number of aromatic amines is 1. The van der Waals surface area contributed by atoms with Gasteiger partial charge in [-0.2, -0.15) is 0 Å². The lowest BCUT2D eigenvalue weighted by atomic mass is 9.93. The molecule has 5 nitrogen and oxygen atoms in total. The van der Waals surface area contributed by atoms with Crippen molar-refractivity contribution in [3.05, 3.63) is 34.7 Å². The van der Waals surface area contributed by atoms with E-state index in [1.165, 1.54) is 0 Å². The number of aryl methyl sites for hydroxylation is 1. The highest BCUT2D eigenvalue weighted by atomic mass is 16.1. The van der Waals surface area contributed by atoms with Gasteiger partial charge in [0.05, 0.1) is 11.0 Å². The zero-order valence-electron chi connectivity index (χ0n) is 13.2. The van der Waals surface area contributed by atoms with Crippen LogP contribution in [0, 0.1) is 5.41 Å². The molecule has 5 heteroatoms. The van der Waals surface area contributed by atoms with Gasteiger partial charge in [0.25, 0.3) is 0 Å². The Morgan fingerprint density at radius 3 is 2.76 bits per heavy atom. The standard InChI is InChI=1S/C16H26N4O/c1-16(2,11-17)12-19(3)9-6-10-20-14-8-5-4-7-13(14)18-15(20)21/h4-5,7-8H,6,9-12,17H2,1-3H3,(H,18,21). The molecule has 2 aromatic rings. The normalized spacial score (nSPS) is 12.4. The number of benzene rings is 1. The van der Waals surface area contributed by atoms with Crippen LogP contribution in [-0.2, 0) is 6.54 Å². The van der Waals surface area contributed by atoms with E-state index in [4.69, 9.17) is 5.73 Å². The average Bonchev–Trinajstić information content (AvgIpc) is 2.75. The summed E-state index contributed by atoms with van der Waals surface area (Å²) in [5.74, 6) is 0. The van der Waals surface area contributed by atoms with Crippen molar-refractivity contribution in [3.63, 3.8) is 0 Å². The van der Waals surface area contributed by atoms with E-state index in [2.05, 4.69) is 30.8 Å². The largest absolute Gasteiger partial charge is 0.330 e. The summed E-state index contributed by atoms with van der Waals surface area (Å²) in [5, 5.41) is 0. The molecule has 3 N–H and O–H groups in total. The van der Waals surface area contributed by atoms with Gasteiger partial charge in [0, 0.05) is 13.1 Å². The van der Waals surface area contributed by atoms with Crippen LogP contribution < -0.4 is 11.4 Å². The van der Waals surface area contributed by atoms with Crippen LogP contribution in [0.1, 0.15) is 20.3 Å². The molecule has 0 unspecified atom stereocenters. The summed E-state index contributed by atoms with van der Waals surface area (Å²) >= 11 is 0. The molecule has 0 saturated heterocycles. The van der Waals surface area contributed by atoms with Crippen LogP contribution in [0.4, 0.5) is 0 Å². The number of imidazole rings is 1. The molecule has 0 aliphatic heterocycles. The molecular formula is C16H26N4O. The van der Waals surface area contributed by atoms with Crippen LogP contribution in [0.15, 0.2) is 29.1 Å². The monoisotopic (exact) mass is 290 g/mol. The van der Waals surface area contributed by atoms with Crippen molar-refractivity contribution in [2.75, 3.05) is 26.7 Å². The summed E-state index contributed by atoms with van der Waals surface area (Å²) < 4.78 is 1.82. The van der Waals surface area contributed by atoms with Gasteiger partial charge in [-0.25, -0.2) is 4.79 Å². The van der Waals surface area contributed by atoms with Gasteiger partial charge in [0.2, 0.25) is 0 Å². The summed E-state index contributed by atoms with van der Waals surface area (Å²) in [7, 11) is 2.11. The fourth-order valence-corrected chi connectivity index (χ4v) is 2.70. The molecule has 21 heavy (non-hydrogen) atoms. The second kappa shape index (κ2) is 6.45. The molecule has 0 atom stereocenters. The molecular weight excluding hydrogens is 264 g/mol. The summed E-state index contributed by atoms with van der Waals surface area (Å²) in [6.07, 6.45) is 0.943. The third-order valence-electron chi connectivity index (χ3n) is 3.85. The van der Waals surface area contributed by atoms with Gasteiger partial charge < -0.3 is 15.6 Å². The zero-order chi connectivity index (χ0) is 15.5. The van der Waals surface area contributed by atoms with Gasteiger partial charge in [-0.1, -0.05) is 26.0 Å². The second-order valence-electron chi connectivity index (χ2n) is 6.56. The molecule has 1 heterocycles. The van der Waals surface area contributed by atoms with E-state index in [0.717, 1.165) is 37.1 Å². The third kappa shape index (κ3) is 3.95. The van der Waals surface area contributed by atoms with Crippen molar-refractivity contribution >= 4 is 11.0 Å². The smallest absolute Gasteiger partial charge is 0.326 e. The van der Waals surface area contributed by atoms with Gasteiger partial charge >= 0.3 is 5.69 Å². The van der Waals surface area contributed by atoms with Crippen molar-refractivity contribution in [2.45, 2.75) is 26.8 Å². The van der Waals surface area contributed by atoms with Crippen LogP contribution in [0.2, 0.25) is 0 Å². The van der Waals surface area contributed by atoms with Crippen LogP contribution in [0.3, 0.4) is 0 Å². The number of aromatic nitrogens is 2. The number of H-pyrrole nitrogens is 1. The molecule has 0 spiro atoms. The lowest BCUT2D eigenvalue weighted by Gasteiger charge is -2.28.